The number of Topliss-reactive ketones (excluding diaryl/α,β-unsaturated/α-hetero) is 1. The van der Waals surface area contributed by atoms with Crippen LogP contribution in [0.15, 0.2) is 16.6 Å². The zero-order valence-electron chi connectivity index (χ0n) is 11.4. The molecule has 4 heteroatoms. The van der Waals surface area contributed by atoms with Gasteiger partial charge in [0.05, 0.1) is 14.2 Å². The lowest BCUT2D eigenvalue weighted by Gasteiger charge is -2.17. The Balaban J connectivity index is 3.21. The van der Waals surface area contributed by atoms with Crippen LogP contribution in [0, 0.1) is 11.8 Å². The quantitative estimate of drug-likeness (QED) is 0.772. The van der Waals surface area contributed by atoms with Crippen molar-refractivity contribution in [3.63, 3.8) is 0 Å². The molecule has 1 aromatic carbocycles. The first-order valence-electron chi connectivity index (χ1n) is 5.88. The number of ketones is 1. The lowest BCUT2D eigenvalue weighted by molar-refractivity contribution is 0.0898. The van der Waals surface area contributed by atoms with E-state index < -0.39 is 0 Å². The van der Waals surface area contributed by atoms with E-state index in [-0.39, 0.29) is 11.7 Å². The summed E-state index contributed by atoms with van der Waals surface area (Å²) in [6.45, 7) is 6.02. The number of benzene rings is 1. The molecule has 0 saturated heterocycles. The molecule has 0 spiro atoms. The highest BCUT2D eigenvalue weighted by atomic mass is 79.9. The Hall–Kier alpha value is -1.03. The molecule has 0 amide bonds. The minimum atomic E-state index is -0.0283. The summed E-state index contributed by atoms with van der Waals surface area (Å²) in [6, 6.07) is 3.49. The second kappa shape index (κ2) is 6.23. The monoisotopic (exact) mass is 314 g/mol. The van der Waals surface area contributed by atoms with Crippen molar-refractivity contribution in [2.75, 3.05) is 14.2 Å². The molecular formula is C14H19BrO3. The van der Waals surface area contributed by atoms with Crippen molar-refractivity contribution in [1.29, 1.82) is 0 Å². The second-order valence-electron chi connectivity index (χ2n) is 4.58. The van der Waals surface area contributed by atoms with Gasteiger partial charge in [-0.25, -0.2) is 0 Å². The van der Waals surface area contributed by atoms with Gasteiger partial charge in [-0.1, -0.05) is 20.8 Å². The number of carbonyl (C=O) groups excluding carboxylic acids is 1. The van der Waals surface area contributed by atoms with Gasteiger partial charge in [-0.05, 0) is 34.0 Å². The predicted octanol–water partition coefficient (Wildman–Crippen LogP) is 3.94. The number of methoxy groups -OCH3 is 2. The second-order valence-corrected chi connectivity index (χ2v) is 5.44. The summed E-state index contributed by atoms with van der Waals surface area (Å²) < 4.78 is 11.2. The fourth-order valence-electron chi connectivity index (χ4n) is 1.59. The van der Waals surface area contributed by atoms with Crippen LogP contribution in [0.5, 0.6) is 11.5 Å². The van der Waals surface area contributed by atoms with E-state index >= 15 is 0 Å². The molecule has 0 aromatic heterocycles. The Bertz CT molecular complexity index is 441. The molecule has 0 N–H and O–H groups in total. The summed E-state index contributed by atoms with van der Waals surface area (Å²) in [6.07, 6.45) is 0. The van der Waals surface area contributed by atoms with Gasteiger partial charge in [0.2, 0.25) is 0 Å². The number of halogens is 1. The fraction of sp³-hybridized carbons (Fsp3) is 0.500. The van der Waals surface area contributed by atoms with Crippen molar-refractivity contribution in [3.05, 3.63) is 22.2 Å². The Morgan fingerprint density at radius 1 is 1.11 bits per heavy atom. The van der Waals surface area contributed by atoms with E-state index in [1.165, 1.54) is 0 Å². The topological polar surface area (TPSA) is 35.5 Å². The first kappa shape index (κ1) is 15.0. The SMILES string of the molecule is COc1cc(Br)c(C(=O)C(C)C(C)C)cc1OC. The van der Waals surface area contributed by atoms with Gasteiger partial charge < -0.3 is 9.47 Å². The van der Waals surface area contributed by atoms with Crippen molar-refractivity contribution >= 4 is 21.7 Å². The highest BCUT2D eigenvalue weighted by Gasteiger charge is 2.22. The molecule has 0 fully saturated rings. The van der Waals surface area contributed by atoms with Crippen LogP contribution in [0.25, 0.3) is 0 Å². The van der Waals surface area contributed by atoms with E-state index in [0.717, 1.165) is 4.47 Å². The maximum atomic E-state index is 12.3. The van der Waals surface area contributed by atoms with Crippen LogP contribution >= 0.6 is 15.9 Å². The van der Waals surface area contributed by atoms with Crippen LogP contribution < -0.4 is 9.47 Å². The summed E-state index contributed by atoms with van der Waals surface area (Å²) in [5.41, 5.74) is 0.633. The molecule has 1 aromatic rings. The molecule has 0 bridgehead atoms. The molecule has 3 nitrogen and oxygen atoms in total. The van der Waals surface area contributed by atoms with Crippen molar-refractivity contribution < 1.29 is 14.3 Å². The summed E-state index contributed by atoms with van der Waals surface area (Å²) in [5, 5.41) is 0. The van der Waals surface area contributed by atoms with Crippen LogP contribution in [0.1, 0.15) is 31.1 Å². The van der Waals surface area contributed by atoms with Crippen LogP contribution in [0.3, 0.4) is 0 Å². The molecule has 0 heterocycles. The smallest absolute Gasteiger partial charge is 0.167 e. The first-order chi connectivity index (χ1) is 8.42. The first-order valence-corrected chi connectivity index (χ1v) is 6.67. The molecule has 18 heavy (non-hydrogen) atoms. The summed E-state index contributed by atoms with van der Waals surface area (Å²) in [5.74, 6) is 1.56. The molecule has 0 aliphatic carbocycles. The standard InChI is InChI=1S/C14H19BrO3/c1-8(2)9(3)14(16)10-6-12(17-4)13(18-5)7-11(10)15/h6-9H,1-5H3. The Kier molecular flexibility index (Phi) is 5.20. The minimum absolute atomic E-state index is 0.0283. The van der Waals surface area contributed by atoms with E-state index in [1.807, 2.05) is 20.8 Å². The fourth-order valence-corrected chi connectivity index (χ4v) is 2.11. The number of hydrogen-bond acceptors (Lipinski definition) is 3. The van der Waals surface area contributed by atoms with E-state index in [4.69, 9.17) is 9.47 Å². The third-order valence-corrected chi connectivity index (χ3v) is 3.81. The largest absolute Gasteiger partial charge is 0.493 e. The van der Waals surface area contributed by atoms with Gasteiger partial charge in [0.25, 0.3) is 0 Å². The van der Waals surface area contributed by atoms with Crippen molar-refractivity contribution in [3.8, 4) is 11.5 Å². The van der Waals surface area contributed by atoms with Gasteiger partial charge in [-0.15, -0.1) is 0 Å². The molecule has 1 rings (SSSR count). The summed E-state index contributed by atoms with van der Waals surface area (Å²) in [7, 11) is 3.13. The van der Waals surface area contributed by atoms with Crippen LogP contribution in [-0.2, 0) is 0 Å². The van der Waals surface area contributed by atoms with Crippen molar-refractivity contribution in [2.45, 2.75) is 20.8 Å². The van der Waals surface area contributed by atoms with Gasteiger partial charge >= 0.3 is 0 Å². The van der Waals surface area contributed by atoms with Gasteiger partial charge in [0, 0.05) is 16.0 Å². The third-order valence-electron chi connectivity index (χ3n) is 3.15. The number of hydrogen-bond donors (Lipinski definition) is 0. The number of carbonyl (C=O) groups is 1. The van der Waals surface area contributed by atoms with E-state index in [2.05, 4.69) is 15.9 Å². The highest BCUT2D eigenvalue weighted by Crippen LogP contribution is 2.34. The Labute approximate surface area is 117 Å². The van der Waals surface area contributed by atoms with Gasteiger partial charge in [-0.2, -0.15) is 0 Å². The normalized spacial score (nSPS) is 12.4. The third kappa shape index (κ3) is 3.05. The minimum Gasteiger partial charge on any atom is -0.493 e. The van der Waals surface area contributed by atoms with Crippen LogP contribution in [0.4, 0.5) is 0 Å². The molecule has 0 saturated carbocycles. The molecule has 1 unspecified atom stereocenters. The zero-order chi connectivity index (χ0) is 13.9. The lowest BCUT2D eigenvalue weighted by Crippen LogP contribution is -2.17. The Morgan fingerprint density at radius 2 is 1.61 bits per heavy atom. The Morgan fingerprint density at radius 3 is 2.06 bits per heavy atom. The predicted molar refractivity (Wildman–Crippen MR) is 75.6 cm³/mol. The molecule has 0 aliphatic heterocycles. The molecule has 0 aliphatic rings. The zero-order valence-corrected chi connectivity index (χ0v) is 13.0. The lowest BCUT2D eigenvalue weighted by atomic mass is 9.89. The summed E-state index contributed by atoms with van der Waals surface area (Å²) >= 11 is 3.41. The molecular weight excluding hydrogens is 296 g/mol. The van der Waals surface area contributed by atoms with Crippen molar-refractivity contribution in [1.82, 2.24) is 0 Å². The van der Waals surface area contributed by atoms with E-state index in [1.54, 1.807) is 26.4 Å². The molecule has 100 valence electrons. The average molecular weight is 315 g/mol. The van der Waals surface area contributed by atoms with Gasteiger partial charge in [-0.3, -0.25) is 4.79 Å². The number of rotatable bonds is 5. The molecule has 0 radical (unpaired) electrons. The van der Waals surface area contributed by atoms with Gasteiger partial charge in [0.1, 0.15) is 0 Å². The number of ether oxygens (including phenoxy) is 2. The maximum absolute atomic E-state index is 12.3. The van der Waals surface area contributed by atoms with E-state index in [0.29, 0.717) is 23.0 Å². The summed E-state index contributed by atoms with van der Waals surface area (Å²) in [4.78, 5) is 12.3. The maximum Gasteiger partial charge on any atom is 0.167 e. The van der Waals surface area contributed by atoms with Crippen molar-refractivity contribution in [2.24, 2.45) is 11.8 Å². The average Bonchev–Trinajstić information content (AvgIpc) is 2.36. The van der Waals surface area contributed by atoms with Crippen LogP contribution in [0.2, 0.25) is 0 Å². The van der Waals surface area contributed by atoms with Crippen LogP contribution in [-0.4, -0.2) is 20.0 Å². The van der Waals surface area contributed by atoms with E-state index in [9.17, 15) is 4.79 Å². The molecule has 1 atom stereocenters. The van der Waals surface area contributed by atoms with Gasteiger partial charge in [0.15, 0.2) is 17.3 Å². The highest BCUT2D eigenvalue weighted by molar-refractivity contribution is 9.10.